The van der Waals surface area contributed by atoms with E-state index >= 15 is 0 Å². The SMILES string of the molecule is CNCC1O[C@@H](O)C(O)C(O)[C@@H]1O. The minimum atomic E-state index is -1.46. The standard InChI is InChI=1S/C7H15NO5/c1-8-2-3-4(9)5(10)6(11)7(12)13-3/h3-12H,2H2,1H3/t3?,4-,5?,6?,7-/m1/s1. The van der Waals surface area contributed by atoms with E-state index in [1.54, 1.807) is 7.05 Å². The quantitative estimate of drug-likeness (QED) is 0.320. The fourth-order valence-corrected chi connectivity index (χ4v) is 1.30. The molecule has 6 heteroatoms. The number of ether oxygens (including phenoxy) is 1. The number of aliphatic hydroxyl groups is 4. The lowest BCUT2D eigenvalue weighted by atomic mass is 9.99. The van der Waals surface area contributed by atoms with Crippen molar-refractivity contribution in [3.05, 3.63) is 0 Å². The molecule has 0 bridgehead atoms. The Hall–Kier alpha value is -0.240. The maximum atomic E-state index is 9.37. The van der Waals surface area contributed by atoms with E-state index in [9.17, 15) is 10.2 Å². The summed E-state index contributed by atoms with van der Waals surface area (Å²) in [4.78, 5) is 0. The van der Waals surface area contributed by atoms with Gasteiger partial charge in [0.05, 0.1) is 0 Å². The van der Waals surface area contributed by atoms with Gasteiger partial charge in [-0.05, 0) is 7.05 Å². The van der Waals surface area contributed by atoms with Crippen molar-refractivity contribution in [1.82, 2.24) is 5.32 Å². The van der Waals surface area contributed by atoms with Gasteiger partial charge in [-0.15, -0.1) is 0 Å². The van der Waals surface area contributed by atoms with Crippen LogP contribution in [0.3, 0.4) is 0 Å². The van der Waals surface area contributed by atoms with E-state index < -0.39 is 30.7 Å². The molecule has 0 amide bonds. The number of aliphatic hydroxyl groups excluding tert-OH is 4. The average molecular weight is 193 g/mol. The van der Waals surface area contributed by atoms with Crippen molar-refractivity contribution in [1.29, 1.82) is 0 Å². The zero-order valence-electron chi connectivity index (χ0n) is 7.29. The van der Waals surface area contributed by atoms with E-state index in [1.165, 1.54) is 0 Å². The first-order valence-corrected chi connectivity index (χ1v) is 4.10. The summed E-state index contributed by atoms with van der Waals surface area (Å²) in [5.41, 5.74) is 0. The van der Waals surface area contributed by atoms with Crippen molar-refractivity contribution in [2.45, 2.75) is 30.7 Å². The van der Waals surface area contributed by atoms with E-state index in [2.05, 4.69) is 5.32 Å². The van der Waals surface area contributed by atoms with Crippen molar-refractivity contribution >= 4 is 0 Å². The van der Waals surface area contributed by atoms with Gasteiger partial charge < -0.3 is 30.5 Å². The normalized spacial score (nSPS) is 46.4. The van der Waals surface area contributed by atoms with Gasteiger partial charge in [0, 0.05) is 6.54 Å². The Labute approximate surface area is 75.8 Å². The van der Waals surface area contributed by atoms with Gasteiger partial charge in [-0.1, -0.05) is 0 Å². The topological polar surface area (TPSA) is 102 Å². The predicted octanol–water partition coefficient (Wildman–Crippen LogP) is -2.99. The first-order chi connectivity index (χ1) is 6.07. The highest BCUT2D eigenvalue weighted by atomic mass is 16.6. The fraction of sp³-hybridized carbons (Fsp3) is 1.00. The van der Waals surface area contributed by atoms with E-state index in [-0.39, 0.29) is 0 Å². The summed E-state index contributed by atoms with van der Waals surface area (Å²) in [5, 5.41) is 39.5. The third kappa shape index (κ3) is 2.16. The zero-order valence-corrected chi connectivity index (χ0v) is 7.29. The molecule has 0 aliphatic carbocycles. The van der Waals surface area contributed by atoms with E-state index in [0.29, 0.717) is 6.54 Å². The minimum absolute atomic E-state index is 0.294. The Morgan fingerprint density at radius 1 is 1.08 bits per heavy atom. The second-order valence-corrected chi connectivity index (χ2v) is 3.09. The molecule has 1 aliphatic heterocycles. The minimum Gasteiger partial charge on any atom is -0.388 e. The number of rotatable bonds is 2. The average Bonchev–Trinajstić information content (AvgIpc) is 2.11. The molecule has 5 N–H and O–H groups in total. The van der Waals surface area contributed by atoms with Gasteiger partial charge in [-0.25, -0.2) is 0 Å². The Bertz CT molecular complexity index is 167. The van der Waals surface area contributed by atoms with E-state index in [4.69, 9.17) is 14.9 Å². The van der Waals surface area contributed by atoms with Crippen LogP contribution in [0.5, 0.6) is 0 Å². The largest absolute Gasteiger partial charge is 0.388 e. The zero-order chi connectivity index (χ0) is 10.0. The Morgan fingerprint density at radius 2 is 1.69 bits per heavy atom. The number of likely N-dealkylation sites (N-methyl/N-ethyl adjacent to an activating group) is 1. The van der Waals surface area contributed by atoms with Crippen molar-refractivity contribution in [2.75, 3.05) is 13.6 Å². The third-order valence-electron chi connectivity index (χ3n) is 2.09. The molecule has 1 saturated heterocycles. The van der Waals surface area contributed by atoms with Crippen molar-refractivity contribution < 1.29 is 25.2 Å². The Balaban J connectivity index is 2.59. The molecule has 0 aromatic rings. The van der Waals surface area contributed by atoms with Crippen molar-refractivity contribution in [3.63, 3.8) is 0 Å². The maximum absolute atomic E-state index is 9.37. The fourth-order valence-electron chi connectivity index (χ4n) is 1.30. The molecule has 1 aliphatic rings. The summed E-state index contributed by atoms with van der Waals surface area (Å²) in [6.07, 6.45) is -6.17. The molecule has 6 nitrogen and oxygen atoms in total. The molecule has 5 atom stereocenters. The molecule has 78 valence electrons. The molecule has 0 saturated carbocycles. The molecule has 0 aromatic carbocycles. The molecular formula is C7H15NO5. The number of nitrogens with one attached hydrogen (secondary N) is 1. The lowest BCUT2D eigenvalue weighted by molar-refractivity contribution is -0.280. The number of hydrogen-bond donors (Lipinski definition) is 5. The first-order valence-electron chi connectivity index (χ1n) is 4.10. The van der Waals surface area contributed by atoms with Crippen LogP contribution >= 0.6 is 0 Å². The van der Waals surface area contributed by atoms with Crippen molar-refractivity contribution in [3.8, 4) is 0 Å². The predicted molar refractivity (Wildman–Crippen MR) is 42.8 cm³/mol. The van der Waals surface area contributed by atoms with Gasteiger partial charge in [0.15, 0.2) is 6.29 Å². The highest BCUT2D eigenvalue weighted by Gasteiger charge is 2.42. The van der Waals surface area contributed by atoms with Crippen LogP contribution in [0, 0.1) is 0 Å². The summed E-state index contributed by atoms with van der Waals surface area (Å²) in [5.74, 6) is 0. The van der Waals surface area contributed by atoms with Gasteiger partial charge in [0.1, 0.15) is 24.4 Å². The lowest BCUT2D eigenvalue weighted by Gasteiger charge is -2.38. The molecule has 13 heavy (non-hydrogen) atoms. The molecule has 1 heterocycles. The van der Waals surface area contributed by atoms with Gasteiger partial charge in [0.2, 0.25) is 0 Å². The van der Waals surface area contributed by atoms with Gasteiger partial charge in [-0.3, -0.25) is 0 Å². The van der Waals surface area contributed by atoms with Gasteiger partial charge >= 0.3 is 0 Å². The molecule has 0 spiro atoms. The smallest absolute Gasteiger partial charge is 0.184 e. The highest BCUT2D eigenvalue weighted by molar-refractivity contribution is 4.89. The second kappa shape index (κ2) is 4.32. The van der Waals surface area contributed by atoms with Gasteiger partial charge in [0.25, 0.3) is 0 Å². The molecule has 1 fully saturated rings. The Morgan fingerprint density at radius 3 is 2.23 bits per heavy atom. The van der Waals surface area contributed by atoms with Crippen LogP contribution in [0.25, 0.3) is 0 Å². The summed E-state index contributed by atoms with van der Waals surface area (Å²) in [7, 11) is 1.65. The summed E-state index contributed by atoms with van der Waals surface area (Å²) in [6.45, 7) is 0.294. The lowest BCUT2D eigenvalue weighted by Crippen LogP contribution is -2.59. The van der Waals surface area contributed by atoms with Crippen LogP contribution in [0.1, 0.15) is 0 Å². The molecule has 0 aromatic heterocycles. The monoisotopic (exact) mass is 193 g/mol. The second-order valence-electron chi connectivity index (χ2n) is 3.09. The van der Waals surface area contributed by atoms with Crippen LogP contribution in [0.15, 0.2) is 0 Å². The van der Waals surface area contributed by atoms with Crippen LogP contribution in [-0.4, -0.2) is 64.7 Å². The van der Waals surface area contributed by atoms with Crippen LogP contribution < -0.4 is 5.32 Å². The highest BCUT2D eigenvalue weighted by Crippen LogP contribution is 2.18. The Kier molecular flexibility index (Phi) is 3.60. The molecule has 1 rings (SSSR count). The molecule has 0 radical (unpaired) electrons. The van der Waals surface area contributed by atoms with E-state index in [0.717, 1.165) is 0 Å². The number of hydrogen-bond acceptors (Lipinski definition) is 6. The molecular weight excluding hydrogens is 178 g/mol. The van der Waals surface area contributed by atoms with E-state index in [1.807, 2.05) is 0 Å². The molecule has 3 unspecified atom stereocenters. The summed E-state index contributed by atoms with van der Waals surface area (Å²) in [6, 6.07) is 0. The van der Waals surface area contributed by atoms with Crippen LogP contribution in [0.4, 0.5) is 0 Å². The maximum Gasteiger partial charge on any atom is 0.184 e. The van der Waals surface area contributed by atoms with Gasteiger partial charge in [-0.2, -0.15) is 0 Å². The summed E-state index contributed by atoms with van der Waals surface area (Å²) >= 11 is 0. The van der Waals surface area contributed by atoms with Crippen molar-refractivity contribution in [2.24, 2.45) is 0 Å². The third-order valence-corrected chi connectivity index (χ3v) is 2.09. The first kappa shape index (κ1) is 10.8. The van der Waals surface area contributed by atoms with Crippen LogP contribution in [0.2, 0.25) is 0 Å². The summed E-state index contributed by atoms with van der Waals surface area (Å²) < 4.78 is 4.85. The van der Waals surface area contributed by atoms with Crippen LogP contribution in [-0.2, 0) is 4.74 Å².